The highest BCUT2D eigenvalue weighted by atomic mass is 16.2. The van der Waals surface area contributed by atoms with Crippen molar-refractivity contribution in [2.45, 2.75) is 25.4 Å². The Bertz CT molecular complexity index is 253. The van der Waals surface area contributed by atoms with Crippen LogP contribution in [0.5, 0.6) is 0 Å². The minimum Gasteiger partial charge on any atom is -0.370 e. The lowest BCUT2D eigenvalue weighted by Crippen LogP contribution is -2.50. The van der Waals surface area contributed by atoms with Crippen LogP contribution in [-0.4, -0.2) is 29.8 Å². The Hall–Kier alpha value is -1.63. The van der Waals surface area contributed by atoms with Crippen molar-refractivity contribution < 1.29 is 14.4 Å². The number of carbonyl (C=O) groups excluding carboxylic acids is 3. The van der Waals surface area contributed by atoms with Gasteiger partial charge in [-0.15, -0.1) is 0 Å². The SMILES string of the molecule is C[C@H](NC(=O)[C@@H](N)CC(N)=O)C(N)=O. The van der Waals surface area contributed by atoms with Gasteiger partial charge in [0.1, 0.15) is 6.04 Å². The molecule has 0 rings (SSSR count). The average Bonchev–Trinajstić information content (AvgIpc) is 2.02. The molecule has 0 aliphatic rings. The number of primary amides is 2. The lowest BCUT2D eigenvalue weighted by molar-refractivity contribution is -0.129. The molecule has 0 bridgehead atoms. The molecule has 7 nitrogen and oxygen atoms in total. The smallest absolute Gasteiger partial charge is 0.239 e. The second kappa shape index (κ2) is 5.18. The van der Waals surface area contributed by atoms with Crippen LogP contribution in [0.1, 0.15) is 13.3 Å². The van der Waals surface area contributed by atoms with Crippen LogP contribution in [0.15, 0.2) is 0 Å². The highest BCUT2D eigenvalue weighted by Gasteiger charge is 2.19. The van der Waals surface area contributed by atoms with Gasteiger partial charge < -0.3 is 22.5 Å². The molecule has 0 unspecified atom stereocenters. The summed E-state index contributed by atoms with van der Waals surface area (Å²) in [7, 11) is 0. The van der Waals surface area contributed by atoms with Gasteiger partial charge >= 0.3 is 0 Å². The predicted molar refractivity (Wildman–Crippen MR) is 48.6 cm³/mol. The summed E-state index contributed by atoms with van der Waals surface area (Å²) in [6.45, 7) is 1.41. The van der Waals surface area contributed by atoms with Crippen LogP contribution in [0.25, 0.3) is 0 Å². The largest absolute Gasteiger partial charge is 0.370 e. The minimum absolute atomic E-state index is 0.267. The minimum atomic E-state index is -1.05. The van der Waals surface area contributed by atoms with Crippen LogP contribution in [0.3, 0.4) is 0 Å². The van der Waals surface area contributed by atoms with Crippen molar-refractivity contribution in [3.63, 3.8) is 0 Å². The topological polar surface area (TPSA) is 141 Å². The molecular weight excluding hydrogens is 188 g/mol. The first kappa shape index (κ1) is 12.4. The van der Waals surface area contributed by atoms with Gasteiger partial charge in [0.2, 0.25) is 17.7 Å². The van der Waals surface area contributed by atoms with E-state index in [0.29, 0.717) is 0 Å². The summed E-state index contributed by atoms with van der Waals surface area (Å²) in [5.41, 5.74) is 15.0. The van der Waals surface area contributed by atoms with Crippen LogP contribution in [0.4, 0.5) is 0 Å². The molecule has 0 saturated heterocycles. The zero-order valence-corrected chi connectivity index (χ0v) is 7.82. The average molecular weight is 202 g/mol. The molecule has 7 N–H and O–H groups in total. The summed E-state index contributed by atoms with van der Waals surface area (Å²) in [6, 6.07) is -1.87. The third kappa shape index (κ3) is 4.41. The van der Waals surface area contributed by atoms with E-state index in [2.05, 4.69) is 5.32 Å². The van der Waals surface area contributed by atoms with E-state index in [9.17, 15) is 14.4 Å². The maximum Gasteiger partial charge on any atom is 0.239 e. The van der Waals surface area contributed by atoms with Crippen LogP contribution in [0, 0.1) is 0 Å². The van der Waals surface area contributed by atoms with Gasteiger partial charge in [0.05, 0.1) is 12.5 Å². The standard InChI is InChI=1S/C7H14N4O3/c1-3(6(10)13)11-7(14)4(8)2-5(9)12/h3-4H,2,8H2,1H3,(H2,9,12)(H2,10,13)(H,11,14)/t3-,4-/m0/s1. The molecule has 7 heteroatoms. The Morgan fingerprint density at radius 1 is 1.29 bits per heavy atom. The molecule has 0 aromatic heterocycles. The number of hydrogen-bond acceptors (Lipinski definition) is 4. The predicted octanol–water partition coefficient (Wildman–Crippen LogP) is -2.82. The fourth-order valence-electron chi connectivity index (χ4n) is 0.701. The molecule has 14 heavy (non-hydrogen) atoms. The van der Waals surface area contributed by atoms with Gasteiger partial charge in [-0.1, -0.05) is 0 Å². The van der Waals surface area contributed by atoms with Gasteiger partial charge in [0.25, 0.3) is 0 Å². The Morgan fingerprint density at radius 2 is 1.79 bits per heavy atom. The van der Waals surface area contributed by atoms with Crippen LogP contribution < -0.4 is 22.5 Å². The fourth-order valence-corrected chi connectivity index (χ4v) is 0.701. The molecular formula is C7H14N4O3. The highest BCUT2D eigenvalue weighted by Crippen LogP contribution is 1.89. The molecule has 0 spiro atoms. The van der Waals surface area contributed by atoms with Gasteiger partial charge in [-0.05, 0) is 6.92 Å². The molecule has 0 radical (unpaired) electrons. The summed E-state index contributed by atoms with van der Waals surface area (Å²) in [5.74, 6) is -1.99. The van der Waals surface area contributed by atoms with Gasteiger partial charge in [-0.3, -0.25) is 14.4 Å². The molecule has 0 aromatic carbocycles. The Labute approximate surface area is 81.0 Å². The summed E-state index contributed by atoms with van der Waals surface area (Å²) in [6.07, 6.45) is -0.267. The van der Waals surface area contributed by atoms with Gasteiger partial charge in [0, 0.05) is 0 Å². The van der Waals surface area contributed by atoms with Crippen molar-refractivity contribution in [2.75, 3.05) is 0 Å². The molecule has 2 atom stereocenters. The summed E-state index contributed by atoms with van der Waals surface area (Å²) < 4.78 is 0. The first-order valence-corrected chi connectivity index (χ1v) is 3.98. The third-order valence-corrected chi connectivity index (χ3v) is 1.54. The number of rotatable bonds is 5. The maximum absolute atomic E-state index is 11.1. The number of hydrogen-bond donors (Lipinski definition) is 4. The number of nitrogens with one attached hydrogen (secondary N) is 1. The molecule has 0 aliphatic heterocycles. The lowest BCUT2D eigenvalue weighted by atomic mass is 10.2. The maximum atomic E-state index is 11.1. The molecule has 0 saturated carbocycles. The fraction of sp³-hybridized carbons (Fsp3) is 0.571. The number of nitrogens with two attached hydrogens (primary N) is 3. The van der Waals surface area contributed by atoms with Gasteiger partial charge in [-0.25, -0.2) is 0 Å². The Morgan fingerprint density at radius 3 is 2.14 bits per heavy atom. The molecule has 3 amide bonds. The number of amides is 3. The molecule has 0 heterocycles. The van der Waals surface area contributed by atoms with Crippen molar-refractivity contribution in [1.29, 1.82) is 0 Å². The van der Waals surface area contributed by atoms with E-state index >= 15 is 0 Å². The highest BCUT2D eigenvalue weighted by molar-refractivity contribution is 5.91. The van der Waals surface area contributed by atoms with E-state index in [1.54, 1.807) is 0 Å². The van der Waals surface area contributed by atoms with Gasteiger partial charge in [0.15, 0.2) is 0 Å². The van der Waals surface area contributed by atoms with Crippen molar-refractivity contribution in [1.82, 2.24) is 5.32 Å². The molecule has 0 aromatic rings. The summed E-state index contributed by atoms with van der Waals surface area (Å²) >= 11 is 0. The quantitative estimate of drug-likeness (QED) is 0.381. The van der Waals surface area contributed by atoms with Crippen LogP contribution in [0.2, 0.25) is 0 Å². The van der Waals surface area contributed by atoms with Crippen molar-refractivity contribution in [3.8, 4) is 0 Å². The Balaban J connectivity index is 4.07. The summed E-state index contributed by atoms with van der Waals surface area (Å²) in [5, 5.41) is 2.24. The normalized spacial score (nSPS) is 14.1. The van der Waals surface area contributed by atoms with Crippen LogP contribution >= 0.6 is 0 Å². The first-order chi connectivity index (χ1) is 6.34. The van der Waals surface area contributed by atoms with E-state index in [1.165, 1.54) is 6.92 Å². The molecule has 0 aliphatic carbocycles. The second-order valence-corrected chi connectivity index (χ2v) is 2.91. The second-order valence-electron chi connectivity index (χ2n) is 2.91. The molecule has 80 valence electrons. The van der Waals surface area contributed by atoms with Crippen molar-refractivity contribution >= 4 is 17.7 Å². The zero-order valence-electron chi connectivity index (χ0n) is 7.82. The first-order valence-electron chi connectivity index (χ1n) is 3.98. The lowest BCUT2D eigenvalue weighted by Gasteiger charge is -2.13. The van der Waals surface area contributed by atoms with Gasteiger partial charge in [-0.2, -0.15) is 0 Å². The molecule has 0 fully saturated rings. The number of carbonyl (C=O) groups is 3. The zero-order chi connectivity index (χ0) is 11.3. The van der Waals surface area contributed by atoms with E-state index in [0.717, 1.165) is 0 Å². The van der Waals surface area contributed by atoms with Crippen molar-refractivity contribution in [3.05, 3.63) is 0 Å². The monoisotopic (exact) mass is 202 g/mol. The van der Waals surface area contributed by atoms with Crippen molar-refractivity contribution in [2.24, 2.45) is 17.2 Å². The van der Waals surface area contributed by atoms with E-state index < -0.39 is 29.8 Å². The third-order valence-electron chi connectivity index (χ3n) is 1.54. The Kier molecular flexibility index (Phi) is 4.57. The van der Waals surface area contributed by atoms with E-state index in [4.69, 9.17) is 17.2 Å². The summed E-state index contributed by atoms with van der Waals surface area (Å²) in [4.78, 5) is 32.1. The van der Waals surface area contributed by atoms with Crippen LogP contribution in [-0.2, 0) is 14.4 Å². The van der Waals surface area contributed by atoms with E-state index in [1.807, 2.05) is 0 Å². The van der Waals surface area contributed by atoms with E-state index in [-0.39, 0.29) is 6.42 Å².